The zero-order valence-electron chi connectivity index (χ0n) is 15.6. The maximum Gasteiger partial charge on any atom is 0.295 e. The number of rotatable bonds is 4. The molecular weight excluding hydrogens is 378 g/mol. The molecule has 0 unspecified atom stereocenters. The summed E-state index contributed by atoms with van der Waals surface area (Å²) in [6.07, 6.45) is 8.60. The third-order valence-corrected chi connectivity index (χ3v) is 6.14. The van der Waals surface area contributed by atoms with Crippen LogP contribution in [0.15, 0.2) is 42.0 Å². The molecule has 3 atom stereocenters. The SMILES string of the molecule is O=C1C(=O)N(C[C@@H]2CCCO2)[C@H]([C@H]2CC=CCC2)C1=C(O)c1ccc(Cl)cc1. The highest BCUT2D eigenvalue weighted by Crippen LogP contribution is 2.38. The monoisotopic (exact) mass is 401 g/mol. The summed E-state index contributed by atoms with van der Waals surface area (Å²) in [5.74, 6) is -1.16. The number of allylic oxidation sites excluding steroid dienone is 2. The number of aliphatic hydroxyl groups is 1. The molecular formula is C22H24ClNO4. The van der Waals surface area contributed by atoms with Gasteiger partial charge in [0.2, 0.25) is 0 Å². The Morgan fingerprint density at radius 2 is 1.96 bits per heavy atom. The Morgan fingerprint density at radius 3 is 2.61 bits per heavy atom. The predicted molar refractivity (Wildman–Crippen MR) is 107 cm³/mol. The average molecular weight is 402 g/mol. The summed E-state index contributed by atoms with van der Waals surface area (Å²) >= 11 is 5.95. The van der Waals surface area contributed by atoms with Crippen LogP contribution >= 0.6 is 11.6 Å². The first-order valence-corrected chi connectivity index (χ1v) is 10.2. The number of aliphatic hydroxyl groups excluding tert-OH is 1. The highest BCUT2D eigenvalue weighted by Gasteiger charge is 2.49. The van der Waals surface area contributed by atoms with E-state index in [0.717, 1.165) is 32.1 Å². The molecule has 1 amide bonds. The quantitative estimate of drug-likeness (QED) is 0.359. The van der Waals surface area contributed by atoms with Crippen LogP contribution < -0.4 is 0 Å². The molecule has 6 heteroatoms. The van der Waals surface area contributed by atoms with Crippen LogP contribution in [-0.4, -0.2) is 47.0 Å². The highest BCUT2D eigenvalue weighted by molar-refractivity contribution is 6.46. The van der Waals surface area contributed by atoms with Crippen molar-refractivity contribution in [2.75, 3.05) is 13.2 Å². The number of Topliss-reactive ketones (excluding diaryl/α,β-unsaturated/α-hetero) is 1. The first-order chi connectivity index (χ1) is 13.6. The Bertz CT molecular complexity index is 823. The number of benzene rings is 1. The second kappa shape index (κ2) is 8.10. The molecule has 5 nitrogen and oxygen atoms in total. The lowest BCUT2D eigenvalue weighted by atomic mass is 9.83. The second-order valence-corrected chi connectivity index (χ2v) is 8.12. The Hall–Kier alpha value is -2.11. The van der Waals surface area contributed by atoms with Crippen molar-refractivity contribution in [2.45, 2.75) is 44.2 Å². The van der Waals surface area contributed by atoms with Gasteiger partial charge in [-0.25, -0.2) is 0 Å². The fraction of sp³-hybridized carbons (Fsp3) is 0.455. The molecule has 0 spiro atoms. The van der Waals surface area contributed by atoms with E-state index in [1.807, 2.05) is 0 Å². The molecule has 0 radical (unpaired) electrons. The van der Waals surface area contributed by atoms with Gasteiger partial charge in [-0.3, -0.25) is 9.59 Å². The molecule has 3 aliphatic rings. The molecule has 2 aliphatic heterocycles. The minimum Gasteiger partial charge on any atom is -0.507 e. The lowest BCUT2D eigenvalue weighted by Crippen LogP contribution is -2.43. The number of likely N-dealkylation sites (tertiary alicyclic amines) is 1. The molecule has 28 heavy (non-hydrogen) atoms. The lowest BCUT2D eigenvalue weighted by molar-refractivity contribution is -0.141. The normalized spacial score (nSPS) is 29.6. The molecule has 0 bridgehead atoms. The van der Waals surface area contributed by atoms with Crippen molar-refractivity contribution >= 4 is 29.1 Å². The van der Waals surface area contributed by atoms with Gasteiger partial charge in [0.15, 0.2) is 0 Å². The standard InChI is InChI=1S/C22H24ClNO4/c23-16-10-8-15(9-11-16)20(25)18-19(14-5-2-1-3-6-14)24(22(27)21(18)26)13-17-7-4-12-28-17/h1-2,8-11,14,17,19,25H,3-7,12-13H2/t14-,17-,19+/m0/s1. The molecule has 1 aromatic carbocycles. The first kappa shape index (κ1) is 19.2. The molecule has 0 saturated carbocycles. The van der Waals surface area contributed by atoms with Crippen LogP contribution in [0.5, 0.6) is 0 Å². The summed E-state index contributed by atoms with van der Waals surface area (Å²) in [6, 6.07) is 6.24. The molecule has 148 valence electrons. The maximum absolute atomic E-state index is 12.9. The van der Waals surface area contributed by atoms with Crippen LogP contribution in [0.2, 0.25) is 5.02 Å². The van der Waals surface area contributed by atoms with Crippen molar-refractivity contribution in [3.05, 3.63) is 52.6 Å². The van der Waals surface area contributed by atoms with E-state index in [1.54, 1.807) is 29.2 Å². The van der Waals surface area contributed by atoms with E-state index in [4.69, 9.17) is 16.3 Å². The van der Waals surface area contributed by atoms with Gasteiger partial charge in [-0.2, -0.15) is 0 Å². The van der Waals surface area contributed by atoms with Gasteiger partial charge in [-0.05, 0) is 62.3 Å². The number of amides is 1. The topological polar surface area (TPSA) is 66.8 Å². The van der Waals surface area contributed by atoms with Crippen LogP contribution in [0.1, 0.15) is 37.7 Å². The van der Waals surface area contributed by atoms with Crippen LogP contribution in [0.3, 0.4) is 0 Å². The number of halogens is 1. The highest BCUT2D eigenvalue weighted by atomic mass is 35.5. The number of ketones is 1. The molecule has 2 heterocycles. The van der Waals surface area contributed by atoms with Crippen molar-refractivity contribution in [1.82, 2.24) is 4.90 Å². The summed E-state index contributed by atoms with van der Waals surface area (Å²) in [7, 11) is 0. The fourth-order valence-corrected chi connectivity index (χ4v) is 4.60. The van der Waals surface area contributed by atoms with Crippen LogP contribution in [-0.2, 0) is 14.3 Å². The molecule has 1 aliphatic carbocycles. The van der Waals surface area contributed by atoms with E-state index in [1.165, 1.54) is 0 Å². The minimum atomic E-state index is -0.606. The summed E-state index contributed by atoms with van der Waals surface area (Å²) in [5.41, 5.74) is 0.710. The lowest BCUT2D eigenvalue weighted by Gasteiger charge is -2.33. The number of carbonyl (C=O) groups is 2. The summed E-state index contributed by atoms with van der Waals surface area (Å²) < 4.78 is 5.72. The van der Waals surface area contributed by atoms with Gasteiger partial charge in [0.05, 0.1) is 17.7 Å². The fourth-order valence-electron chi connectivity index (χ4n) is 4.47. The number of hydrogen-bond acceptors (Lipinski definition) is 4. The average Bonchev–Trinajstić information content (AvgIpc) is 3.31. The van der Waals surface area contributed by atoms with Crippen molar-refractivity contribution in [3.8, 4) is 0 Å². The Labute approximate surface area is 169 Å². The van der Waals surface area contributed by atoms with E-state index in [2.05, 4.69) is 12.2 Å². The third-order valence-electron chi connectivity index (χ3n) is 5.88. The molecule has 0 aromatic heterocycles. The van der Waals surface area contributed by atoms with Gasteiger partial charge in [0.1, 0.15) is 5.76 Å². The number of nitrogens with zero attached hydrogens (tertiary/aromatic N) is 1. The summed E-state index contributed by atoms with van der Waals surface area (Å²) in [6.45, 7) is 1.09. The molecule has 2 fully saturated rings. The van der Waals surface area contributed by atoms with Gasteiger partial charge in [0, 0.05) is 23.7 Å². The minimum absolute atomic E-state index is 0.0459. The van der Waals surface area contributed by atoms with E-state index >= 15 is 0 Å². The van der Waals surface area contributed by atoms with E-state index < -0.39 is 17.7 Å². The first-order valence-electron chi connectivity index (χ1n) is 9.87. The third kappa shape index (κ3) is 3.61. The number of ether oxygens (including phenoxy) is 1. The van der Waals surface area contributed by atoms with Gasteiger partial charge >= 0.3 is 0 Å². The molecule has 1 aromatic rings. The zero-order valence-corrected chi connectivity index (χ0v) is 16.4. The van der Waals surface area contributed by atoms with E-state index in [-0.39, 0.29) is 23.4 Å². The van der Waals surface area contributed by atoms with Crippen molar-refractivity contribution < 1.29 is 19.4 Å². The zero-order chi connectivity index (χ0) is 19.7. The summed E-state index contributed by atoms with van der Waals surface area (Å²) in [4.78, 5) is 27.5. The van der Waals surface area contributed by atoms with Crippen molar-refractivity contribution in [3.63, 3.8) is 0 Å². The van der Waals surface area contributed by atoms with Gasteiger partial charge in [-0.15, -0.1) is 0 Å². The molecule has 1 N–H and O–H groups in total. The second-order valence-electron chi connectivity index (χ2n) is 7.68. The Kier molecular flexibility index (Phi) is 5.56. The van der Waals surface area contributed by atoms with E-state index in [9.17, 15) is 14.7 Å². The summed E-state index contributed by atoms with van der Waals surface area (Å²) in [5, 5.41) is 11.5. The van der Waals surface area contributed by atoms with Gasteiger partial charge in [0.25, 0.3) is 11.7 Å². The molecule has 4 rings (SSSR count). The van der Waals surface area contributed by atoms with Gasteiger partial charge in [-0.1, -0.05) is 23.8 Å². The maximum atomic E-state index is 12.9. The number of carbonyl (C=O) groups excluding carboxylic acids is 2. The van der Waals surface area contributed by atoms with Crippen molar-refractivity contribution in [2.24, 2.45) is 5.92 Å². The van der Waals surface area contributed by atoms with E-state index in [0.29, 0.717) is 23.7 Å². The number of hydrogen-bond donors (Lipinski definition) is 1. The van der Waals surface area contributed by atoms with Crippen molar-refractivity contribution in [1.29, 1.82) is 0 Å². The largest absolute Gasteiger partial charge is 0.507 e. The predicted octanol–water partition coefficient (Wildman–Crippen LogP) is 3.92. The Balaban J connectivity index is 1.74. The van der Waals surface area contributed by atoms with Gasteiger partial charge < -0.3 is 14.7 Å². The molecule has 2 saturated heterocycles. The smallest absolute Gasteiger partial charge is 0.295 e. The van der Waals surface area contributed by atoms with Crippen LogP contribution in [0.25, 0.3) is 5.76 Å². The Morgan fingerprint density at radius 1 is 1.18 bits per heavy atom. The van der Waals surface area contributed by atoms with Crippen LogP contribution in [0, 0.1) is 5.92 Å². The van der Waals surface area contributed by atoms with Crippen LogP contribution in [0.4, 0.5) is 0 Å².